The molecule has 1 unspecified atom stereocenters. The van der Waals surface area contributed by atoms with Gasteiger partial charge in [0.05, 0.1) is 4.90 Å². The minimum absolute atomic E-state index is 0.0865. The van der Waals surface area contributed by atoms with Crippen molar-refractivity contribution < 1.29 is 22.7 Å². The van der Waals surface area contributed by atoms with E-state index < -0.39 is 27.9 Å². The molecule has 8 heteroatoms. The van der Waals surface area contributed by atoms with Crippen molar-refractivity contribution in [1.29, 1.82) is 0 Å². The Kier molecular flexibility index (Phi) is 6.92. The molecule has 1 atom stereocenters. The summed E-state index contributed by atoms with van der Waals surface area (Å²) in [5.74, 6) is -1.70. The van der Waals surface area contributed by atoms with Gasteiger partial charge in [-0.2, -0.15) is 4.31 Å². The molecule has 140 valence electrons. The maximum Gasteiger partial charge on any atom is 0.323 e. The standard InChI is InChI=1S/C17H25FN2O4S/c1-2-3-4-5-10-19-11-12-20(16(13-19)17(21)22)25(23,24)15-8-6-14(18)7-9-15/h6-9,16H,2-5,10-13H2,1H3,(H,21,22). The monoisotopic (exact) mass is 372 g/mol. The van der Waals surface area contributed by atoms with Crippen molar-refractivity contribution in [2.75, 3.05) is 26.2 Å². The highest BCUT2D eigenvalue weighted by atomic mass is 32.2. The Bertz CT molecular complexity index is 678. The van der Waals surface area contributed by atoms with E-state index in [9.17, 15) is 22.7 Å². The lowest BCUT2D eigenvalue weighted by Gasteiger charge is -2.38. The smallest absolute Gasteiger partial charge is 0.323 e. The summed E-state index contributed by atoms with van der Waals surface area (Å²) in [7, 11) is -3.97. The first-order valence-corrected chi connectivity index (χ1v) is 10.0. The summed E-state index contributed by atoms with van der Waals surface area (Å²) in [6, 6.07) is 3.33. The van der Waals surface area contributed by atoms with Gasteiger partial charge in [-0.3, -0.25) is 9.69 Å². The molecule has 6 nitrogen and oxygen atoms in total. The quantitative estimate of drug-likeness (QED) is 0.708. The number of piperazine rings is 1. The second-order valence-corrected chi connectivity index (χ2v) is 8.18. The molecule has 1 aromatic rings. The number of aliphatic carboxylic acids is 1. The molecule has 1 fully saturated rings. The molecule has 1 aliphatic rings. The van der Waals surface area contributed by atoms with Crippen LogP contribution in [0, 0.1) is 5.82 Å². The third-order valence-corrected chi connectivity index (χ3v) is 6.37. The van der Waals surface area contributed by atoms with Crippen LogP contribution in [-0.4, -0.2) is 60.9 Å². The van der Waals surface area contributed by atoms with Gasteiger partial charge in [0, 0.05) is 19.6 Å². The minimum Gasteiger partial charge on any atom is -0.480 e. The van der Waals surface area contributed by atoms with Gasteiger partial charge >= 0.3 is 5.97 Å². The van der Waals surface area contributed by atoms with Crippen molar-refractivity contribution in [2.45, 2.75) is 43.5 Å². The van der Waals surface area contributed by atoms with E-state index in [0.29, 0.717) is 6.54 Å². The van der Waals surface area contributed by atoms with Gasteiger partial charge in [-0.1, -0.05) is 26.2 Å². The lowest BCUT2D eigenvalue weighted by Crippen LogP contribution is -2.58. The van der Waals surface area contributed by atoms with E-state index in [2.05, 4.69) is 6.92 Å². The predicted octanol–water partition coefficient (Wildman–Crippen LogP) is 2.17. The number of rotatable bonds is 8. The SMILES string of the molecule is CCCCCCN1CCN(S(=O)(=O)c2ccc(F)cc2)C(C(=O)O)C1. The normalized spacial score (nSPS) is 19.8. The van der Waals surface area contributed by atoms with Crippen LogP contribution in [0.25, 0.3) is 0 Å². The van der Waals surface area contributed by atoms with E-state index in [0.717, 1.165) is 48.7 Å². The van der Waals surface area contributed by atoms with Crippen molar-refractivity contribution in [2.24, 2.45) is 0 Å². The molecule has 1 N–H and O–H groups in total. The Morgan fingerprint density at radius 3 is 2.48 bits per heavy atom. The van der Waals surface area contributed by atoms with Crippen LogP contribution in [-0.2, 0) is 14.8 Å². The van der Waals surface area contributed by atoms with Crippen molar-refractivity contribution in [3.05, 3.63) is 30.1 Å². The molecule has 0 spiro atoms. The Morgan fingerprint density at radius 1 is 1.20 bits per heavy atom. The van der Waals surface area contributed by atoms with Crippen LogP contribution in [0.5, 0.6) is 0 Å². The molecule has 2 rings (SSSR count). The number of hydrogen-bond acceptors (Lipinski definition) is 4. The van der Waals surface area contributed by atoms with E-state index in [-0.39, 0.29) is 18.0 Å². The van der Waals surface area contributed by atoms with Crippen molar-refractivity contribution in [3.63, 3.8) is 0 Å². The number of unbranched alkanes of at least 4 members (excludes halogenated alkanes) is 3. The topological polar surface area (TPSA) is 77.9 Å². The molecule has 0 aliphatic carbocycles. The van der Waals surface area contributed by atoms with Crippen LogP contribution in [0.2, 0.25) is 0 Å². The maximum absolute atomic E-state index is 13.0. The number of carboxylic acids is 1. The molecule has 0 saturated carbocycles. The van der Waals surface area contributed by atoms with E-state index in [1.165, 1.54) is 12.1 Å². The van der Waals surface area contributed by atoms with E-state index in [1.807, 2.05) is 4.90 Å². The van der Waals surface area contributed by atoms with Gasteiger partial charge in [-0.15, -0.1) is 0 Å². The van der Waals surface area contributed by atoms with Gasteiger partial charge < -0.3 is 5.11 Å². The van der Waals surface area contributed by atoms with Crippen molar-refractivity contribution in [1.82, 2.24) is 9.21 Å². The summed E-state index contributed by atoms with van der Waals surface area (Å²) in [5.41, 5.74) is 0. The molecule has 0 aromatic heterocycles. The second kappa shape index (κ2) is 8.73. The van der Waals surface area contributed by atoms with Gasteiger partial charge in [-0.25, -0.2) is 12.8 Å². The molecular formula is C17H25FN2O4S. The summed E-state index contributed by atoms with van der Waals surface area (Å²) in [5, 5.41) is 9.50. The molecular weight excluding hydrogens is 347 g/mol. The van der Waals surface area contributed by atoms with Crippen molar-refractivity contribution >= 4 is 16.0 Å². The first-order chi connectivity index (χ1) is 11.9. The van der Waals surface area contributed by atoms with Crippen LogP contribution in [0.4, 0.5) is 4.39 Å². The largest absolute Gasteiger partial charge is 0.480 e. The Morgan fingerprint density at radius 2 is 1.88 bits per heavy atom. The Balaban J connectivity index is 2.10. The zero-order valence-electron chi connectivity index (χ0n) is 14.4. The average molecular weight is 372 g/mol. The number of nitrogens with zero attached hydrogens (tertiary/aromatic N) is 2. The summed E-state index contributed by atoms with van der Waals surface area (Å²) >= 11 is 0. The Labute approximate surface area is 148 Å². The molecule has 25 heavy (non-hydrogen) atoms. The summed E-state index contributed by atoms with van der Waals surface area (Å²) < 4.78 is 39.5. The fourth-order valence-electron chi connectivity index (χ4n) is 3.02. The zero-order chi connectivity index (χ0) is 18.4. The molecule has 1 heterocycles. The minimum atomic E-state index is -3.97. The van der Waals surface area contributed by atoms with Crippen LogP contribution < -0.4 is 0 Å². The number of sulfonamides is 1. The molecule has 1 aromatic carbocycles. The summed E-state index contributed by atoms with van der Waals surface area (Å²) in [4.78, 5) is 13.5. The molecule has 0 radical (unpaired) electrons. The fraction of sp³-hybridized carbons (Fsp3) is 0.588. The summed E-state index contributed by atoms with van der Waals surface area (Å²) in [6.45, 7) is 3.68. The highest BCUT2D eigenvalue weighted by Gasteiger charge is 2.39. The van der Waals surface area contributed by atoms with Gasteiger partial charge in [0.2, 0.25) is 10.0 Å². The third kappa shape index (κ3) is 4.99. The summed E-state index contributed by atoms with van der Waals surface area (Å²) in [6.07, 6.45) is 4.33. The highest BCUT2D eigenvalue weighted by Crippen LogP contribution is 2.22. The first-order valence-electron chi connectivity index (χ1n) is 8.59. The van der Waals surface area contributed by atoms with Gasteiger partial charge in [0.1, 0.15) is 11.9 Å². The van der Waals surface area contributed by atoms with Gasteiger partial charge in [0.25, 0.3) is 0 Å². The highest BCUT2D eigenvalue weighted by molar-refractivity contribution is 7.89. The number of benzene rings is 1. The lowest BCUT2D eigenvalue weighted by atomic mass is 10.1. The average Bonchev–Trinajstić information content (AvgIpc) is 2.59. The lowest BCUT2D eigenvalue weighted by molar-refractivity contribution is -0.143. The van der Waals surface area contributed by atoms with Crippen LogP contribution in [0.3, 0.4) is 0 Å². The van der Waals surface area contributed by atoms with Crippen LogP contribution in [0.15, 0.2) is 29.2 Å². The molecule has 0 bridgehead atoms. The van der Waals surface area contributed by atoms with E-state index in [1.54, 1.807) is 0 Å². The number of carbonyl (C=O) groups is 1. The first kappa shape index (κ1) is 19.8. The number of halogens is 1. The maximum atomic E-state index is 13.0. The zero-order valence-corrected chi connectivity index (χ0v) is 15.2. The molecule has 0 amide bonds. The third-order valence-electron chi connectivity index (χ3n) is 4.45. The van der Waals surface area contributed by atoms with E-state index >= 15 is 0 Å². The molecule has 1 saturated heterocycles. The van der Waals surface area contributed by atoms with Crippen molar-refractivity contribution in [3.8, 4) is 0 Å². The van der Waals surface area contributed by atoms with Crippen LogP contribution >= 0.6 is 0 Å². The van der Waals surface area contributed by atoms with Gasteiger partial charge in [0.15, 0.2) is 0 Å². The predicted molar refractivity (Wildman–Crippen MR) is 92.3 cm³/mol. The fourth-order valence-corrected chi connectivity index (χ4v) is 4.58. The Hall–Kier alpha value is -1.51. The second-order valence-electron chi connectivity index (χ2n) is 6.28. The number of carboxylic acid groups (broad SMARTS) is 1. The number of hydrogen-bond donors (Lipinski definition) is 1. The van der Waals surface area contributed by atoms with Crippen LogP contribution in [0.1, 0.15) is 32.6 Å². The van der Waals surface area contributed by atoms with E-state index in [4.69, 9.17) is 0 Å². The van der Waals surface area contributed by atoms with Gasteiger partial charge in [-0.05, 0) is 37.2 Å². The molecule has 1 aliphatic heterocycles.